The summed E-state index contributed by atoms with van der Waals surface area (Å²) >= 11 is 0. The first-order chi connectivity index (χ1) is 16.2. The molecule has 4 aromatic carbocycles. The lowest BCUT2D eigenvalue weighted by molar-refractivity contribution is -0.0884. The van der Waals surface area contributed by atoms with E-state index in [0.29, 0.717) is 11.1 Å². The highest BCUT2D eigenvalue weighted by molar-refractivity contribution is 6.05. The Kier molecular flexibility index (Phi) is 6.20. The van der Waals surface area contributed by atoms with E-state index in [-0.39, 0.29) is 11.3 Å². The van der Waals surface area contributed by atoms with Crippen molar-refractivity contribution in [3.63, 3.8) is 0 Å². The van der Waals surface area contributed by atoms with Gasteiger partial charge in [-0.3, -0.25) is 4.79 Å². The van der Waals surface area contributed by atoms with Crippen LogP contribution >= 0.6 is 0 Å². The van der Waals surface area contributed by atoms with Crippen molar-refractivity contribution in [1.29, 1.82) is 0 Å². The van der Waals surface area contributed by atoms with E-state index in [9.17, 15) is 22.4 Å². The van der Waals surface area contributed by atoms with Gasteiger partial charge in [-0.2, -0.15) is 13.2 Å². The van der Waals surface area contributed by atoms with E-state index < -0.39 is 34.7 Å². The van der Waals surface area contributed by atoms with Crippen molar-refractivity contribution >= 4 is 11.5 Å². The quantitative estimate of drug-likeness (QED) is 0.186. The summed E-state index contributed by atoms with van der Waals surface area (Å²) < 4.78 is 69.8. The number of carbonyl (C=O) groups is 1. The summed E-state index contributed by atoms with van der Waals surface area (Å²) in [5.41, 5.74) is -1.78. The molecule has 0 aromatic heterocycles. The van der Waals surface area contributed by atoms with Gasteiger partial charge >= 0.3 is 6.18 Å². The molecule has 34 heavy (non-hydrogen) atoms. The number of rotatable bonds is 6. The van der Waals surface area contributed by atoms with Gasteiger partial charge in [-0.15, -0.1) is 0 Å². The smallest absolute Gasteiger partial charge is 0.367 e. The lowest BCUT2D eigenvalue weighted by Crippen LogP contribution is -2.40. The van der Waals surface area contributed by atoms with E-state index in [2.05, 4.69) is 5.32 Å². The summed E-state index contributed by atoms with van der Waals surface area (Å²) in [6.07, 6.45) is -5.12. The van der Waals surface area contributed by atoms with Gasteiger partial charge in [0.2, 0.25) is 0 Å². The molecule has 0 aliphatic carbocycles. The molecule has 4 aromatic rings. The first-order valence-corrected chi connectivity index (χ1v) is 10.3. The summed E-state index contributed by atoms with van der Waals surface area (Å²) in [5.74, 6) is -4.33. The number of benzene rings is 4. The van der Waals surface area contributed by atoms with Gasteiger partial charge in [-0.1, -0.05) is 84.9 Å². The number of ketones is 1. The average molecular weight is 467 g/mol. The number of nitrogens with one attached hydrogen (secondary N) is 1. The lowest BCUT2D eigenvalue weighted by atomic mass is 9.76. The van der Waals surface area contributed by atoms with Crippen LogP contribution in [0.2, 0.25) is 0 Å². The number of carbonyl (C=O) groups excluding carboxylic acids is 1. The van der Waals surface area contributed by atoms with E-state index in [4.69, 9.17) is 0 Å². The summed E-state index contributed by atoms with van der Waals surface area (Å²) in [4.78, 5) is 12.2. The maximum absolute atomic E-state index is 15.4. The van der Waals surface area contributed by atoms with E-state index in [1.165, 1.54) is 30.3 Å². The van der Waals surface area contributed by atoms with Crippen LogP contribution in [0.15, 0.2) is 103 Å². The third-order valence-electron chi connectivity index (χ3n) is 5.52. The van der Waals surface area contributed by atoms with E-state index in [1.54, 1.807) is 60.7 Å². The Balaban J connectivity index is 2.06. The van der Waals surface area contributed by atoms with Gasteiger partial charge in [0.15, 0.2) is 11.6 Å². The van der Waals surface area contributed by atoms with Gasteiger partial charge in [0.1, 0.15) is 5.54 Å². The minimum Gasteiger partial charge on any atom is -0.367 e. The van der Waals surface area contributed by atoms with Crippen LogP contribution in [0.4, 0.5) is 27.6 Å². The SMILES string of the molecule is O=C(c1ccccc1NC(c1ccccc1)(c1ccccc1)c1cccc(F)c1F)C(F)(F)F. The fraction of sp³-hybridized carbons (Fsp3) is 0.0741. The van der Waals surface area contributed by atoms with Crippen LogP contribution < -0.4 is 5.32 Å². The molecule has 0 saturated heterocycles. The first kappa shape index (κ1) is 23.2. The number of hydrogen-bond donors (Lipinski definition) is 1. The molecule has 0 amide bonds. The van der Waals surface area contributed by atoms with Crippen LogP contribution in [-0.4, -0.2) is 12.0 Å². The molecule has 0 aliphatic heterocycles. The van der Waals surface area contributed by atoms with Gasteiger partial charge in [0, 0.05) is 11.3 Å². The standard InChI is InChI=1S/C27H18F5NO/c28-22-16-9-15-21(24(22)29)26(18-10-3-1-4-11-18,19-12-5-2-6-13-19)33-23-17-8-7-14-20(23)25(34)27(30,31)32/h1-17,33H. The number of para-hydroxylation sites is 1. The number of halogens is 5. The Morgan fingerprint density at radius 1 is 0.647 bits per heavy atom. The maximum Gasteiger partial charge on any atom is 0.454 e. The zero-order valence-corrected chi connectivity index (χ0v) is 17.6. The molecule has 1 N–H and O–H groups in total. The number of alkyl halides is 3. The Morgan fingerprint density at radius 3 is 1.74 bits per heavy atom. The molecule has 0 heterocycles. The number of hydrogen-bond acceptors (Lipinski definition) is 2. The zero-order valence-electron chi connectivity index (χ0n) is 17.6. The Morgan fingerprint density at radius 2 is 1.18 bits per heavy atom. The molecule has 0 atom stereocenters. The molecule has 7 heteroatoms. The minimum atomic E-state index is -5.12. The van der Waals surface area contributed by atoms with Crippen LogP contribution in [0.1, 0.15) is 27.0 Å². The average Bonchev–Trinajstić information content (AvgIpc) is 2.85. The maximum atomic E-state index is 15.4. The van der Waals surface area contributed by atoms with Gasteiger partial charge < -0.3 is 5.32 Å². The number of Topliss-reactive ketones (excluding diaryl/α,β-unsaturated/α-hetero) is 1. The first-order valence-electron chi connectivity index (χ1n) is 10.3. The summed E-state index contributed by atoms with van der Waals surface area (Å²) in [5, 5.41) is 3.00. The van der Waals surface area contributed by atoms with Crippen molar-refractivity contribution in [2.75, 3.05) is 5.32 Å². The Bertz CT molecular complexity index is 1260. The molecule has 0 saturated carbocycles. The fourth-order valence-electron chi connectivity index (χ4n) is 4.00. The molecule has 2 nitrogen and oxygen atoms in total. The third-order valence-corrected chi connectivity index (χ3v) is 5.52. The van der Waals surface area contributed by atoms with E-state index >= 15 is 4.39 Å². The normalized spacial score (nSPS) is 11.8. The molecule has 0 radical (unpaired) electrons. The molecule has 0 bridgehead atoms. The Hall–Kier alpha value is -4.00. The van der Waals surface area contributed by atoms with Crippen molar-refractivity contribution in [2.24, 2.45) is 0 Å². The molecule has 0 fully saturated rings. The van der Waals surface area contributed by atoms with Crippen molar-refractivity contribution in [1.82, 2.24) is 0 Å². The predicted octanol–water partition coefficient (Wildman–Crippen LogP) is 7.11. The second-order valence-electron chi connectivity index (χ2n) is 7.58. The predicted molar refractivity (Wildman–Crippen MR) is 120 cm³/mol. The second-order valence-corrected chi connectivity index (χ2v) is 7.58. The largest absolute Gasteiger partial charge is 0.454 e. The zero-order chi connectivity index (χ0) is 24.3. The fourth-order valence-corrected chi connectivity index (χ4v) is 4.00. The lowest BCUT2D eigenvalue weighted by Gasteiger charge is -2.38. The molecule has 172 valence electrons. The van der Waals surface area contributed by atoms with Crippen molar-refractivity contribution in [2.45, 2.75) is 11.7 Å². The summed E-state index contributed by atoms with van der Waals surface area (Å²) in [7, 11) is 0. The molecular formula is C27H18F5NO. The van der Waals surface area contributed by atoms with Crippen LogP contribution in [0.5, 0.6) is 0 Å². The van der Waals surface area contributed by atoms with Crippen molar-refractivity contribution in [3.8, 4) is 0 Å². The second kappa shape index (κ2) is 9.09. The molecule has 4 rings (SSSR count). The highest BCUT2D eigenvalue weighted by Crippen LogP contribution is 2.42. The van der Waals surface area contributed by atoms with Gasteiger partial charge in [-0.25, -0.2) is 8.78 Å². The highest BCUT2D eigenvalue weighted by atomic mass is 19.4. The molecule has 0 aliphatic rings. The van der Waals surface area contributed by atoms with E-state index in [1.807, 2.05) is 0 Å². The summed E-state index contributed by atoms with van der Waals surface area (Å²) in [6.45, 7) is 0. The Labute approximate surface area is 192 Å². The van der Waals surface area contributed by atoms with Crippen LogP contribution in [0.25, 0.3) is 0 Å². The van der Waals surface area contributed by atoms with Crippen molar-refractivity contribution in [3.05, 3.63) is 137 Å². The van der Waals surface area contributed by atoms with Crippen LogP contribution in [0, 0.1) is 11.6 Å². The molecule has 0 unspecified atom stereocenters. The van der Waals surface area contributed by atoms with Crippen molar-refractivity contribution < 1.29 is 26.7 Å². The molecular weight excluding hydrogens is 449 g/mol. The topological polar surface area (TPSA) is 29.1 Å². The highest BCUT2D eigenvalue weighted by Gasteiger charge is 2.43. The number of anilines is 1. The van der Waals surface area contributed by atoms with E-state index in [0.717, 1.165) is 12.1 Å². The van der Waals surface area contributed by atoms with Crippen LogP contribution in [0.3, 0.4) is 0 Å². The van der Waals surface area contributed by atoms with Gasteiger partial charge in [0.25, 0.3) is 5.78 Å². The minimum absolute atomic E-state index is 0.154. The summed E-state index contributed by atoms with van der Waals surface area (Å²) in [6, 6.07) is 25.5. The molecule has 0 spiro atoms. The van der Waals surface area contributed by atoms with Gasteiger partial charge in [-0.05, 0) is 29.3 Å². The monoisotopic (exact) mass is 467 g/mol. The van der Waals surface area contributed by atoms with Gasteiger partial charge in [0.05, 0.1) is 5.56 Å². The third kappa shape index (κ3) is 4.17. The van der Waals surface area contributed by atoms with Crippen LogP contribution in [-0.2, 0) is 5.54 Å².